The number of benzene rings is 1. The van der Waals surface area contributed by atoms with Crippen molar-refractivity contribution >= 4 is 74.7 Å². The molecule has 0 atom stereocenters. The summed E-state index contributed by atoms with van der Waals surface area (Å²) in [6.07, 6.45) is 0. The number of methoxy groups -OCH3 is 1. The molecular weight excluding hydrogens is 484 g/mol. The van der Waals surface area contributed by atoms with E-state index >= 15 is 0 Å². The monoisotopic (exact) mass is 497 g/mol. The SMILES string of the molecule is COC(=O)c1sc(I)cc1N(C(=O)c1ccc(Cl)cc1Cl)C(C)C. The van der Waals surface area contributed by atoms with Gasteiger partial charge in [-0.2, -0.15) is 0 Å². The molecule has 0 radical (unpaired) electrons. The van der Waals surface area contributed by atoms with E-state index in [1.807, 2.05) is 13.8 Å². The number of rotatable bonds is 4. The van der Waals surface area contributed by atoms with Gasteiger partial charge >= 0.3 is 5.97 Å². The van der Waals surface area contributed by atoms with Gasteiger partial charge in [0.25, 0.3) is 5.91 Å². The van der Waals surface area contributed by atoms with Crippen molar-refractivity contribution in [2.24, 2.45) is 0 Å². The summed E-state index contributed by atoms with van der Waals surface area (Å²) in [5.41, 5.74) is 0.842. The van der Waals surface area contributed by atoms with E-state index in [1.165, 1.54) is 24.5 Å². The first-order chi connectivity index (χ1) is 11.3. The number of amides is 1. The Labute approximate surface area is 167 Å². The van der Waals surface area contributed by atoms with Crippen molar-refractivity contribution in [3.63, 3.8) is 0 Å². The van der Waals surface area contributed by atoms with Gasteiger partial charge in [-0.3, -0.25) is 4.79 Å². The number of anilines is 1. The smallest absolute Gasteiger partial charge is 0.350 e. The molecule has 128 valence electrons. The van der Waals surface area contributed by atoms with Gasteiger partial charge in [0.05, 0.1) is 26.3 Å². The summed E-state index contributed by atoms with van der Waals surface area (Å²) in [6.45, 7) is 3.74. The van der Waals surface area contributed by atoms with Crippen LogP contribution in [0.1, 0.15) is 33.9 Å². The van der Waals surface area contributed by atoms with Crippen LogP contribution in [0.5, 0.6) is 0 Å². The van der Waals surface area contributed by atoms with E-state index < -0.39 is 5.97 Å². The zero-order chi connectivity index (χ0) is 18.0. The molecule has 0 aliphatic carbocycles. The van der Waals surface area contributed by atoms with Crippen LogP contribution >= 0.6 is 57.1 Å². The number of ether oxygens (including phenoxy) is 1. The van der Waals surface area contributed by atoms with Crippen molar-refractivity contribution in [2.45, 2.75) is 19.9 Å². The standard InChI is InChI=1S/C16H14Cl2INO3S/c1-8(2)20(12-7-13(19)24-14(12)16(22)23-3)15(21)10-5-4-9(17)6-11(10)18/h4-8H,1-3H3. The molecule has 0 bridgehead atoms. The maximum atomic E-state index is 13.0. The molecule has 0 aliphatic heterocycles. The average Bonchev–Trinajstić information content (AvgIpc) is 2.87. The fourth-order valence-corrected chi connectivity index (χ4v) is 4.42. The zero-order valence-electron chi connectivity index (χ0n) is 13.1. The molecule has 0 aliphatic rings. The first kappa shape index (κ1) is 19.5. The van der Waals surface area contributed by atoms with Gasteiger partial charge < -0.3 is 9.64 Å². The Hall–Kier alpha value is -0.830. The Balaban J connectivity index is 2.55. The van der Waals surface area contributed by atoms with Crippen LogP contribution < -0.4 is 4.90 Å². The van der Waals surface area contributed by atoms with Crippen LogP contribution in [0.4, 0.5) is 5.69 Å². The molecule has 24 heavy (non-hydrogen) atoms. The fraction of sp³-hybridized carbons (Fsp3) is 0.250. The molecule has 0 saturated heterocycles. The topological polar surface area (TPSA) is 46.6 Å². The Kier molecular flexibility index (Phi) is 6.52. The zero-order valence-corrected chi connectivity index (χ0v) is 17.6. The molecule has 0 N–H and O–H groups in total. The lowest BCUT2D eigenvalue weighted by atomic mass is 10.1. The second-order valence-corrected chi connectivity index (χ2v) is 8.94. The second-order valence-electron chi connectivity index (χ2n) is 5.15. The summed E-state index contributed by atoms with van der Waals surface area (Å²) >= 11 is 15.5. The number of thiophene rings is 1. The lowest BCUT2D eigenvalue weighted by Gasteiger charge is -2.27. The fourth-order valence-electron chi connectivity index (χ4n) is 2.18. The lowest BCUT2D eigenvalue weighted by molar-refractivity contribution is 0.0607. The van der Waals surface area contributed by atoms with Crippen molar-refractivity contribution in [2.75, 3.05) is 12.0 Å². The van der Waals surface area contributed by atoms with Gasteiger partial charge in [0.2, 0.25) is 0 Å². The third-order valence-corrected chi connectivity index (χ3v) is 5.62. The predicted octanol–water partition coefficient (Wildman–Crippen LogP) is 5.50. The van der Waals surface area contributed by atoms with E-state index in [1.54, 1.807) is 23.1 Å². The van der Waals surface area contributed by atoms with E-state index in [2.05, 4.69) is 22.6 Å². The highest BCUT2D eigenvalue weighted by molar-refractivity contribution is 14.1. The first-order valence-electron chi connectivity index (χ1n) is 6.92. The molecule has 1 heterocycles. The van der Waals surface area contributed by atoms with E-state index in [0.717, 1.165) is 2.88 Å². The molecule has 1 amide bonds. The predicted molar refractivity (Wildman–Crippen MR) is 107 cm³/mol. The van der Waals surface area contributed by atoms with Gasteiger partial charge in [-0.1, -0.05) is 23.2 Å². The van der Waals surface area contributed by atoms with Crippen LogP contribution in [-0.4, -0.2) is 25.0 Å². The minimum absolute atomic E-state index is 0.182. The number of hydrogen-bond acceptors (Lipinski definition) is 4. The average molecular weight is 498 g/mol. The van der Waals surface area contributed by atoms with Gasteiger partial charge in [-0.05, 0) is 60.7 Å². The first-order valence-corrected chi connectivity index (χ1v) is 9.57. The maximum Gasteiger partial charge on any atom is 0.350 e. The Morgan fingerprint density at radius 3 is 2.46 bits per heavy atom. The van der Waals surface area contributed by atoms with Crippen molar-refractivity contribution in [3.05, 3.63) is 47.6 Å². The quantitative estimate of drug-likeness (QED) is 0.413. The van der Waals surface area contributed by atoms with Crippen LogP contribution in [0.15, 0.2) is 24.3 Å². The highest BCUT2D eigenvalue weighted by Gasteiger charge is 2.29. The summed E-state index contributed by atoms with van der Waals surface area (Å²) in [5.74, 6) is -0.774. The summed E-state index contributed by atoms with van der Waals surface area (Å²) in [4.78, 5) is 27.0. The van der Waals surface area contributed by atoms with E-state index in [9.17, 15) is 9.59 Å². The van der Waals surface area contributed by atoms with Crippen molar-refractivity contribution in [1.29, 1.82) is 0 Å². The number of esters is 1. The molecule has 0 saturated carbocycles. The number of hydrogen-bond donors (Lipinski definition) is 0. The molecule has 8 heteroatoms. The maximum absolute atomic E-state index is 13.0. The lowest BCUT2D eigenvalue weighted by Crippen LogP contribution is -2.37. The van der Waals surface area contributed by atoms with Gasteiger partial charge in [-0.25, -0.2) is 4.79 Å². The number of nitrogens with zero attached hydrogens (tertiary/aromatic N) is 1. The molecule has 2 aromatic rings. The molecular formula is C16H14Cl2INO3S. The van der Waals surface area contributed by atoms with Crippen LogP contribution in [0.3, 0.4) is 0 Å². The molecule has 0 unspecified atom stereocenters. The van der Waals surface area contributed by atoms with E-state index in [-0.39, 0.29) is 17.0 Å². The Morgan fingerprint density at radius 2 is 1.92 bits per heavy atom. The Morgan fingerprint density at radius 1 is 1.25 bits per heavy atom. The normalized spacial score (nSPS) is 10.8. The minimum atomic E-state index is -0.474. The third-order valence-electron chi connectivity index (χ3n) is 3.21. The summed E-state index contributed by atoms with van der Waals surface area (Å²) in [7, 11) is 1.32. The van der Waals surface area contributed by atoms with E-state index in [4.69, 9.17) is 27.9 Å². The molecule has 4 nitrogen and oxygen atoms in total. The van der Waals surface area contributed by atoms with Gasteiger partial charge in [0, 0.05) is 11.1 Å². The van der Waals surface area contributed by atoms with Gasteiger partial charge in [-0.15, -0.1) is 11.3 Å². The van der Waals surface area contributed by atoms with Crippen LogP contribution in [0, 0.1) is 2.88 Å². The third kappa shape index (κ3) is 4.04. The largest absolute Gasteiger partial charge is 0.465 e. The van der Waals surface area contributed by atoms with Crippen LogP contribution in [0.25, 0.3) is 0 Å². The molecule has 0 spiro atoms. The van der Waals surface area contributed by atoms with Gasteiger partial charge in [0.1, 0.15) is 4.88 Å². The van der Waals surface area contributed by atoms with Crippen LogP contribution in [0.2, 0.25) is 10.0 Å². The Bertz CT molecular complexity index is 792. The van der Waals surface area contributed by atoms with Crippen molar-refractivity contribution in [1.82, 2.24) is 0 Å². The summed E-state index contributed by atoms with van der Waals surface area (Å²) < 4.78 is 5.71. The van der Waals surface area contributed by atoms with Crippen LogP contribution in [-0.2, 0) is 4.74 Å². The van der Waals surface area contributed by atoms with Gasteiger partial charge in [0.15, 0.2) is 0 Å². The van der Waals surface area contributed by atoms with Crippen molar-refractivity contribution in [3.8, 4) is 0 Å². The molecule has 1 aromatic carbocycles. The molecule has 2 rings (SSSR count). The molecule has 0 fully saturated rings. The minimum Gasteiger partial charge on any atom is -0.465 e. The molecule has 1 aromatic heterocycles. The highest BCUT2D eigenvalue weighted by atomic mass is 127. The highest BCUT2D eigenvalue weighted by Crippen LogP contribution is 2.35. The number of halogens is 3. The summed E-state index contributed by atoms with van der Waals surface area (Å²) in [5, 5.41) is 0.718. The van der Waals surface area contributed by atoms with Crippen molar-refractivity contribution < 1.29 is 14.3 Å². The summed E-state index contributed by atoms with van der Waals surface area (Å²) in [6, 6.07) is 6.32. The van der Waals surface area contributed by atoms with E-state index in [0.29, 0.717) is 21.2 Å². The number of carbonyl (C=O) groups excluding carboxylic acids is 2. The second kappa shape index (κ2) is 8.03. The number of carbonyl (C=O) groups is 2.